The monoisotopic (exact) mass is 417 g/mol. The summed E-state index contributed by atoms with van der Waals surface area (Å²) in [6.45, 7) is 1.47. The van der Waals surface area contributed by atoms with Crippen LogP contribution in [0.2, 0.25) is 0 Å². The zero-order valence-corrected chi connectivity index (χ0v) is 14.9. The summed E-state index contributed by atoms with van der Waals surface area (Å²) in [5.74, 6) is -0.762. The molecule has 1 rings (SSSR count). The molecule has 0 aliphatic rings. The van der Waals surface area contributed by atoms with Gasteiger partial charge < -0.3 is 5.32 Å². The normalized spacial score (nSPS) is 12.1. The molecule has 6 nitrogen and oxygen atoms in total. The van der Waals surface area contributed by atoms with Crippen LogP contribution in [0.15, 0.2) is 27.6 Å². The number of amides is 1. The molecule has 0 radical (unpaired) electrons. The second-order valence-electron chi connectivity index (χ2n) is 4.11. The first kappa shape index (κ1) is 18.4. The third kappa shape index (κ3) is 5.93. The van der Waals surface area contributed by atoms with Crippen LogP contribution >= 0.6 is 26.6 Å². The van der Waals surface area contributed by atoms with E-state index in [0.717, 1.165) is 6.07 Å². The molecule has 0 aliphatic heterocycles. The van der Waals surface area contributed by atoms with E-state index in [1.807, 2.05) is 0 Å². The van der Waals surface area contributed by atoms with Gasteiger partial charge in [-0.25, -0.2) is 16.8 Å². The molecular weight excluding hydrogens is 406 g/mol. The Morgan fingerprint density at radius 3 is 2.38 bits per heavy atom. The van der Waals surface area contributed by atoms with Crippen molar-refractivity contribution in [3.05, 3.63) is 28.2 Å². The van der Waals surface area contributed by atoms with Gasteiger partial charge in [0.05, 0.1) is 10.6 Å². The van der Waals surface area contributed by atoms with E-state index in [1.54, 1.807) is 0 Å². The molecule has 0 aromatic heterocycles. The van der Waals surface area contributed by atoms with Crippen LogP contribution in [0.3, 0.4) is 0 Å². The molecule has 0 saturated heterocycles. The van der Waals surface area contributed by atoms with Gasteiger partial charge in [-0.15, -0.1) is 0 Å². The van der Waals surface area contributed by atoms with Gasteiger partial charge in [-0.2, -0.15) is 0 Å². The van der Waals surface area contributed by atoms with Gasteiger partial charge in [-0.05, 0) is 18.2 Å². The molecule has 1 N–H and O–H groups in total. The molecule has 0 heterocycles. The Labute approximate surface area is 136 Å². The number of carbonyl (C=O) groups is 1. The Balaban J connectivity index is 2.87. The number of sulfone groups is 1. The average Bonchev–Trinajstić information content (AvgIpc) is 2.36. The number of carbonyl (C=O) groups excluding carboxylic acids is 1. The molecule has 1 aromatic rings. The first-order chi connectivity index (χ1) is 9.55. The van der Waals surface area contributed by atoms with E-state index in [-0.39, 0.29) is 28.5 Å². The van der Waals surface area contributed by atoms with Crippen molar-refractivity contribution in [1.82, 2.24) is 5.32 Å². The number of rotatable bonds is 6. The predicted molar refractivity (Wildman–Crippen MR) is 83.8 cm³/mol. The van der Waals surface area contributed by atoms with Crippen molar-refractivity contribution in [2.75, 3.05) is 18.1 Å². The lowest BCUT2D eigenvalue weighted by Crippen LogP contribution is -2.29. The van der Waals surface area contributed by atoms with Gasteiger partial charge >= 0.3 is 0 Å². The summed E-state index contributed by atoms with van der Waals surface area (Å²) in [6, 6.07) is 3.80. The molecule has 0 unspecified atom stereocenters. The molecule has 0 bridgehead atoms. The van der Waals surface area contributed by atoms with Crippen LogP contribution in [-0.4, -0.2) is 40.8 Å². The van der Waals surface area contributed by atoms with E-state index in [0.29, 0.717) is 4.47 Å². The summed E-state index contributed by atoms with van der Waals surface area (Å²) in [6.07, 6.45) is 0. The lowest BCUT2D eigenvalue weighted by atomic mass is 10.2. The van der Waals surface area contributed by atoms with E-state index in [4.69, 9.17) is 10.7 Å². The summed E-state index contributed by atoms with van der Waals surface area (Å²) in [5, 5.41) is 2.42. The maximum absolute atomic E-state index is 11.9. The number of hydrogen-bond donors (Lipinski definition) is 1. The Morgan fingerprint density at radius 2 is 1.86 bits per heavy atom. The zero-order chi connectivity index (χ0) is 16.3. The van der Waals surface area contributed by atoms with Crippen LogP contribution in [0.5, 0.6) is 0 Å². The van der Waals surface area contributed by atoms with E-state index in [2.05, 4.69) is 21.2 Å². The smallest absolute Gasteiger partial charge is 0.261 e. The highest BCUT2D eigenvalue weighted by Gasteiger charge is 2.16. The Morgan fingerprint density at radius 1 is 1.24 bits per heavy atom. The summed E-state index contributed by atoms with van der Waals surface area (Å²) in [4.78, 5) is 11.7. The van der Waals surface area contributed by atoms with Gasteiger partial charge in [0.15, 0.2) is 9.84 Å². The van der Waals surface area contributed by atoms with E-state index >= 15 is 0 Å². The first-order valence-electron chi connectivity index (χ1n) is 5.79. The fourth-order valence-electron chi connectivity index (χ4n) is 1.40. The summed E-state index contributed by atoms with van der Waals surface area (Å²) in [7, 11) is -1.91. The molecule has 0 atom stereocenters. The highest BCUT2D eigenvalue weighted by atomic mass is 79.9. The molecule has 1 amide bonds. The van der Waals surface area contributed by atoms with Crippen molar-refractivity contribution in [3.8, 4) is 0 Å². The van der Waals surface area contributed by atoms with Gasteiger partial charge in [0, 0.05) is 33.0 Å². The molecular formula is C11H13BrClNO5S2. The molecule has 0 fully saturated rings. The summed E-state index contributed by atoms with van der Waals surface area (Å²) < 4.78 is 45.5. The summed E-state index contributed by atoms with van der Waals surface area (Å²) >= 11 is 3.09. The van der Waals surface area contributed by atoms with E-state index in [9.17, 15) is 21.6 Å². The average molecular weight is 419 g/mol. The van der Waals surface area contributed by atoms with Gasteiger partial charge in [-0.1, -0.05) is 22.9 Å². The number of halogens is 2. The van der Waals surface area contributed by atoms with E-state index in [1.165, 1.54) is 19.1 Å². The maximum atomic E-state index is 11.9. The number of nitrogens with one attached hydrogen (secondary N) is 1. The minimum Gasteiger partial charge on any atom is -0.351 e. The Kier molecular flexibility index (Phi) is 6.21. The lowest BCUT2D eigenvalue weighted by Gasteiger charge is -2.07. The van der Waals surface area contributed by atoms with Crippen LogP contribution in [0.25, 0.3) is 0 Å². The van der Waals surface area contributed by atoms with Gasteiger partial charge in [0.1, 0.15) is 0 Å². The first-order valence-corrected chi connectivity index (χ1v) is 10.7. The van der Waals surface area contributed by atoms with Gasteiger partial charge in [0.25, 0.3) is 15.0 Å². The summed E-state index contributed by atoms with van der Waals surface area (Å²) in [5.41, 5.74) is 0.0671. The second kappa shape index (κ2) is 7.08. The molecule has 10 heteroatoms. The second-order valence-corrected chi connectivity index (χ2v) is 10.1. The van der Waals surface area contributed by atoms with Crippen LogP contribution in [0.4, 0.5) is 0 Å². The van der Waals surface area contributed by atoms with Crippen molar-refractivity contribution in [2.24, 2.45) is 0 Å². The molecule has 0 spiro atoms. The van der Waals surface area contributed by atoms with Crippen LogP contribution in [0, 0.1) is 0 Å². The van der Waals surface area contributed by atoms with Gasteiger partial charge in [0.2, 0.25) is 0 Å². The predicted octanol–water partition coefficient (Wildman–Crippen LogP) is 1.54. The molecule has 1 aromatic carbocycles. The molecule has 21 heavy (non-hydrogen) atoms. The Hall–Kier alpha value is -0.640. The topological polar surface area (TPSA) is 97.4 Å². The molecule has 118 valence electrons. The Bertz CT molecular complexity index is 746. The van der Waals surface area contributed by atoms with Crippen molar-refractivity contribution in [2.45, 2.75) is 11.8 Å². The third-order valence-electron chi connectivity index (χ3n) is 2.55. The zero-order valence-electron chi connectivity index (χ0n) is 11.0. The van der Waals surface area contributed by atoms with Crippen molar-refractivity contribution >= 4 is 51.4 Å². The van der Waals surface area contributed by atoms with Crippen molar-refractivity contribution < 1.29 is 21.6 Å². The van der Waals surface area contributed by atoms with E-state index < -0.39 is 24.8 Å². The minimum absolute atomic E-state index is 0.00556. The molecule has 0 aliphatic carbocycles. The number of hydrogen-bond acceptors (Lipinski definition) is 5. The standard InChI is InChI=1S/C11H13BrClNO5S2/c1-2-20(16,17)4-3-14-11(15)8-5-9(12)7-10(6-8)21(13,18)19/h5-7H,2-4H2,1H3,(H,14,15). The fraction of sp³-hybridized carbons (Fsp3) is 0.364. The fourth-order valence-corrected chi connectivity index (χ4v) is 3.55. The highest BCUT2D eigenvalue weighted by Crippen LogP contribution is 2.22. The quantitative estimate of drug-likeness (QED) is 0.707. The van der Waals surface area contributed by atoms with Gasteiger partial charge in [-0.3, -0.25) is 4.79 Å². The van der Waals surface area contributed by atoms with Crippen molar-refractivity contribution in [3.63, 3.8) is 0 Å². The lowest BCUT2D eigenvalue weighted by molar-refractivity contribution is 0.0956. The largest absolute Gasteiger partial charge is 0.351 e. The minimum atomic E-state index is -3.96. The maximum Gasteiger partial charge on any atom is 0.261 e. The number of benzene rings is 1. The highest BCUT2D eigenvalue weighted by molar-refractivity contribution is 9.10. The molecule has 0 saturated carbocycles. The van der Waals surface area contributed by atoms with Crippen LogP contribution in [0.1, 0.15) is 17.3 Å². The van der Waals surface area contributed by atoms with Crippen molar-refractivity contribution in [1.29, 1.82) is 0 Å². The van der Waals surface area contributed by atoms with Crippen LogP contribution in [-0.2, 0) is 18.9 Å². The SMILES string of the molecule is CCS(=O)(=O)CCNC(=O)c1cc(Br)cc(S(=O)(=O)Cl)c1. The third-order valence-corrected chi connectivity index (χ3v) is 6.05. The van der Waals surface area contributed by atoms with Crippen LogP contribution < -0.4 is 5.32 Å².